The first-order valence-electron chi connectivity index (χ1n) is 10.1. The van der Waals surface area contributed by atoms with E-state index in [9.17, 15) is 0 Å². The van der Waals surface area contributed by atoms with Gasteiger partial charge in [-0.15, -0.1) is 0 Å². The number of nitrogens with zero attached hydrogens (tertiary/aromatic N) is 3. The van der Waals surface area contributed by atoms with E-state index in [2.05, 4.69) is 20.9 Å². The topological polar surface area (TPSA) is 97.1 Å². The number of nitrogens with one attached hydrogen (secondary N) is 3. The summed E-state index contributed by atoms with van der Waals surface area (Å²) in [6.07, 6.45) is 6.52. The minimum Gasteiger partial charge on any atom is -0.444 e. The van der Waals surface area contributed by atoms with Gasteiger partial charge in [-0.25, -0.2) is 9.97 Å². The summed E-state index contributed by atoms with van der Waals surface area (Å²) in [7, 11) is 0. The Labute approximate surface area is 169 Å². The Morgan fingerprint density at radius 1 is 1.17 bits per heavy atom. The van der Waals surface area contributed by atoms with Gasteiger partial charge >= 0.3 is 0 Å². The second-order valence-electron chi connectivity index (χ2n) is 7.33. The van der Waals surface area contributed by atoms with Gasteiger partial charge in [0.2, 0.25) is 5.95 Å². The molecule has 1 aromatic carbocycles. The maximum Gasteiger partial charge on any atom is 0.229 e. The Hall–Kier alpha value is -2.97. The molecule has 3 aromatic rings. The molecule has 4 heterocycles. The third-order valence-corrected chi connectivity index (χ3v) is 5.31. The third-order valence-electron chi connectivity index (χ3n) is 5.31. The Bertz CT molecular complexity index is 952. The van der Waals surface area contributed by atoms with Crippen molar-refractivity contribution in [3.8, 4) is 11.3 Å². The van der Waals surface area contributed by atoms with Crippen LogP contribution < -0.4 is 16.0 Å². The van der Waals surface area contributed by atoms with Crippen LogP contribution in [0.4, 0.5) is 17.5 Å². The van der Waals surface area contributed by atoms with Gasteiger partial charge in [0.25, 0.3) is 0 Å². The first kappa shape index (κ1) is 18.1. The largest absolute Gasteiger partial charge is 0.444 e. The van der Waals surface area contributed by atoms with Crippen LogP contribution in [0.1, 0.15) is 24.1 Å². The molecule has 0 saturated carbocycles. The summed E-state index contributed by atoms with van der Waals surface area (Å²) in [4.78, 5) is 13.5. The van der Waals surface area contributed by atoms with Crippen LogP contribution in [0.2, 0.25) is 0 Å². The zero-order valence-corrected chi connectivity index (χ0v) is 16.1. The summed E-state index contributed by atoms with van der Waals surface area (Å²) in [6.45, 7) is 3.34. The van der Waals surface area contributed by atoms with Crippen molar-refractivity contribution in [1.82, 2.24) is 20.3 Å². The van der Waals surface area contributed by atoms with Crippen LogP contribution in [0, 0.1) is 0 Å². The highest BCUT2D eigenvalue weighted by atomic mass is 16.5. The number of rotatable bonds is 6. The SMILES string of the molecule is c1ncc(-c2ccc(Nc3nc4c(c(NCC5CCCO5)n3)CNCC4)cc2)o1. The molecular weight excluding hydrogens is 368 g/mol. The quantitative estimate of drug-likeness (QED) is 0.589. The molecule has 1 fully saturated rings. The summed E-state index contributed by atoms with van der Waals surface area (Å²) in [5.41, 5.74) is 4.14. The molecule has 3 N–H and O–H groups in total. The molecule has 2 aliphatic heterocycles. The normalized spacial score (nSPS) is 18.4. The van der Waals surface area contributed by atoms with Crippen LogP contribution in [0.5, 0.6) is 0 Å². The van der Waals surface area contributed by atoms with Crippen molar-refractivity contribution in [2.45, 2.75) is 31.9 Å². The molecule has 0 amide bonds. The summed E-state index contributed by atoms with van der Waals surface area (Å²) in [5, 5.41) is 10.2. The van der Waals surface area contributed by atoms with Crippen molar-refractivity contribution < 1.29 is 9.15 Å². The molecule has 2 aromatic heterocycles. The smallest absolute Gasteiger partial charge is 0.229 e. The van der Waals surface area contributed by atoms with Gasteiger partial charge in [0, 0.05) is 49.5 Å². The van der Waals surface area contributed by atoms with Gasteiger partial charge < -0.3 is 25.1 Å². The van der Waals surface area contributed by atoms with Crippen LogP contribution in [-0.4, -0.2) is 40.8 Å². The lowest BCUT2D eigenvalue weighted by Gasteiger charge is -2.22. The predicted octanol–water partition coefficient (Wildman–Crippen LogP) is 3.11. The monoisotopic (exact) mass is 392 g/mol. The van der Waals surface area contributed by atoms with Crippen LogP contribution >= 0.6 is 0 Å². The second kappa shape index (κ2) is 8.18. The first-order valence-corrected chi connectivity index (χ1v) is 10.1. The highest BCUT2D eigenvalue weighted by Crippen LogP contribution is 2.26. The lowest BCUT2D eigenvalue weighted by molar-refractivity contribution is 0.120. The Balaban J connectivity index is 1.35. The van der Waals surface area contributed by atoms with Crippen LogP contribution in [0.25, 0.3) is 11.3 Å². The maximum absolute atomic E-state index is 5.74. The van der Waals surface area contributed by atoms with Gasteiger partial charge in [-0.05, 0) is 37.1 Å². The average molecular weight is 392 g/mol. The minimum absolute atomic E-state index is 0.261. The number of hydrogen-bond acceptors (Lipinski definition) is 8. The fourth-order valence-corrected chi connectivity index (χ4v) is 3.77. The third kappa shape index (κ3) is 4.08. The van der Waals surface area contributed by atoms with E-state index in [1.54, 1.807) is 6.20 Å². The van der Waals surface area contributed by atoms with E-state index in [0.717, 1.165) is 79.6 Å². The number of benzene rings is 1. The molecule has 0 spiro atoms. The van der Waals surface area contributed by atoms with Gasteiger partial charge in [-0.1, -0.05) is 0 Å². The maximum atomic E-state index is 5.74. The van der Waals surface area contributed by atoms with Crippen molar-refractivity contribution in [3.05, 3.63) is 48.1 Å². The van der Waals surface area contributed by atoms with E-state index in [0.29, 0.717) is 5.95 Å². The molecule has 0 bridgehead atoms. The molecule has 0 aliphatic carbocycles. The number of oxazole rings is 1. The Morgan fingerprint density at radius 3 is 2.90 bits per heavy atom. The van der Waals surface area contributed by atoms with E-state index in [1.807, 2.05) is 24.3 Å². The van der Waals surface area contributed by atoms with Crippen molar-refractivity contribution in [2.24, 2.45) is 0 Å². The van der Waals surface area contributed by atoms with Gasteiger partial charge in [-0.2, -0.15) is 4.98 Å². The van der Waals surface area contributed by atoms with Crippen LogP contribution in [0.3, 0.4) is 0 Å². The standard InChI is InChI=1S/C21H24N6O2/c1-2-16(28-9-1)10-24-20-17-11-22-8-7-18(17)26-21(27-20)25-15-5-3-14(4-6-15)19-12-23-13-29-19/h3-6,12-13,16,22H,1-2,7-11H2,(H2,24,25,26,27). The lowest BCUT2D eigenvalue weighted by atomic mass is 10.1. The molecular formula is C21H24N6O2. The van der Waals surface area contributed by atoms with E-state index in [-0.39, 0.29) is 6.10 Å². The van der Waals surface area contributed by atoms with Crippen LogP contribution in [-0.2, 0) is 17.7 Å². The van der Waals surface area contributed by atoms with Crippen molar-refractivity contribution in [1.29, 1.82) is 0 Å². The summed E-state index contributed by atoms with van der Waals surface area (Å²) >= 11 is 0. The lowest BCUT2D eigenvalue weighted by Crippen LogP contribution is -2.28. The molecule has 1 saturated heterocycles. The molecule has 8 heteroatoms. The predicted molar refractivity (Wildman–Crippen MR) is 110 cm³/mol. The molecule has 1 atom stereocenters. The zero-order valence-electron chi connectivity index (χ0n) is 16.1. The van der Waals surface area contributed by atoms with E-state index in [4.69, 9.17) is 19.1 Å². The van der Waals surface area contributed by atoms with Gasteiger partial charge in [-0.3, -0.25) is 0 Å². The van der Waals surface area contributed by atoms with Gasteiger partial charge in [0.05, 0.1) is 18.0 Å². The molecule has 8 nitrogen and oxygen atoms in total. The van der Waals surface area contributed by atoms with Crippen molar-refractivity contribution >= 4 is 17.5 Å². The van der Waals surface area contributed by atoms with Crippen molar-refractivity contribution in [3.63, 3.8) is 0 Å². The Kier molecular flexibility index (Phi) is 5.10. The van der Waals surface area contributed by atoms with Crippen molar-refractivity contribution in [2.75, 3.05) is 30.3 Å². The average Bonchev–Trinajstić information content (AvgIpc) is 3.47. The highest BCUT2D eigenvalue weighted by Gasteiger charge is 2.20. The summed E-state index contributed by atoms with van der Waals surface area (Å²) in [5.74, 6) is 2.24. The number of fused-ring (bicyclic) bond motifs is 1. The van der Waals surface area contributed by atoms with Gasteiger partial charge in [0.15, 0.2) is 12.2 Å². The number of hydrogen-bond donors (Lipinski definition) is 3. The number of anilines is 3. The molecule has 0 radical (unpaired) electrons. The molecule has 5 rings (SSSR count). The van der Waals surface area contributed by atoms with E-state index >= 15 is 0 Å². The second-order valence-corrected chi connectivity index (χ2v) is 7.33. The number of ether oxygens (including phenoxy) is 1. The highest BCUT2D eigenvalue weighted by molar-refractivity contribution is 5.64. The molecule has 2 aliphatic rings. The van der Waals surface area contributed by atoms with E-state index in [1.165, 1.54) is 6.39 Å². The van der Waals surface area contributed by atoms with Gasteiger partial charge in [0.1, 0.15) is 5.82 Å². The molecule has 150 valence electrons. The fourth-order valence-electron chi connectivity index (χ4n) is 3.77. The number of aromatic nitrogens is 3. The van der Waals surface area contributed by atoms with E-state index < -0.39 is 0 Å². The minimum atomic E-state index is 0.261. The fraction of sp³-hybridized carbons (Fsp3) is 0.381. The first-order chi connectivity index (χ1) is 14.3. The molecule has 1 unspecified atom stereocenters. The molecule has 29 heavy (non-hydrogen) atoms. The van der Waals surface area contributed by atoms with Crippen LogP contribution in [0.15, 0.2) is 41.3 Å². The zero-order chi connectivity index (χ0) is 19.5. The Morgan fingerprint density at radius 2 is 2.10 bits per heavy atom. The summed E-state index contributed by atoms with van der Waals surface area (Å²) < 4.78 is 11.1. The summed E-state index contributed by atoms with van der Waals surface area (Å²) in [6, 6.07) is 7.95.